The first-order chi connectivity index (χ1) is 11.9. The van der Waals surface area contributed by atoms with Crippen molar-refractivity contribution in [2.75, 3.05) is 6.54 Å². The molecule has 1 N–H and O–H groups in total. The highest BCUT2D eigenvalue weighted by Crippen LogP contribution is 2.23. The summed E-state index contributed by atoms with van der Waals surface area (Å²) in [6, 6.07) is 6.32. The number of nitroso groups, excluding NO2 is 1. The molecule has 0 atom stereocenters. The zero-order valence-electron chi connectivity index (χ0n) is 12.8. The highest BCUT2D eigenvalue weighted by atomic mass is 19.1. The molecule has 0 aliphatic carbocycles. The van der Waals surface area contributed by atoms with E-state index >= 15 is 0 Å². The Kier molecular flexibility index (Phi) is 4.14. The lowest BCUT2D eigenvalue weighted by molar-refractivity contribution is 0.0680. The average molecular weight is 345 g/mol. The van der Waals surface area contributed by atoms with Gasteiger partial charge in [-0.05, 0) is 17.7 Å². The number of carbonyl (C=O) groups excluding carboxylic acids is 2. The van der Waals surface area contributed by atoms with Gasteiger partial charge in [-0.2, -0.15) is 0 Å². The van der Waals surface area contributed by atoms with E-state index in [0.717, 1.165) is 10.6 Å². The molecule has 2 amide bonds. The van der Waals surface area contributed by atoms with E-state index in [-0.39, 0.29) is 31.0 Å². The summed E-state index contributed by atoms with van der Waals surface area (Å²) < 4.78 is 14.1. The molecule has 0 saturated heterocycles. The molecule has 8 nitrogen and oxygen atoms in total. The molecule has 0 saturated carbocycles. The third-order valence-electron chi connectivity index (χ3n) is 3.96. The van der Waals surface area contributed by atoms with Crippen LogP contribution in [0.1, 0.15) is 26.5 Å². The maximum atomic E-state index is 13.0. The second-order valence-corrected chi connectivity index (χ2v) is 5.49. The minimum absolute atomic E-state index is 0.0900. The second-order valence-electron chi connectivity index (χ2n) is 5.49. The van der Waals surface area contributed by atoms with E-state index in [2.05, 4.69) is 5.18 Å². The molecule has 0 bridgehead atoms. The van der Waals surface area contributed by atoms with Gasteiger partial charge in [-0.1, -0.05) is 12.1 Å². The van der Waals surface area contributed by atoms with E-state index in [1.807, 2.05) is 0 Å². The summed E-state index contributed by atoms with van der Waals surface area (Å²) in [5.41, 5.74) is -1.00. The van der Waals surface area contributed by atoms with E-state index < -0.39 is 28.8 Å². The summed E-state index contributed by atoms with van der Waals surface area (Å²) in [5, 5.41) is 12.2. The predicted octanol–water partition coefficient (Wildman–Crippen LogP) is 1.26. The zero-order valence-corrected chi connectivity index (χ0v) is 12.8. The largest absolute Gasteiger partial charge is 0.503 e. The second kappa shape index (κ2) is 6.27. The molecule has 0 unspecified atom stereocenters. The van der Waals surface area contributed by atoms with Gasteiger partial charge in [-0.3, -0.25) is 14.4 Å². The van der Waals surface area contributed by atoms with Gasteiger partial charge in [0, 0.05) is 30.9 Å². The SMILES string of the molecule is O=NC(=O)c1cc(=O)c(O)c2n1CCN(Cc1ccc(F)cc1)C2=O. The number of halogens is 1. The number of carbonyl (C=O) groups is 2. The third-order valence-corrected chi connectivity index (χ3v) is 3.96. The first kappa shape index (κ1) is 16.5. The summed E-state index contributed by atoms with van der Waals surface area (Å²) in [4.78, 5) is 47.9. The molecule has 3 rings (SSSR count). The zero-order chi connectivity index (χ0) is 18.1. The molecule has 1 aromatic heterocycles. The van der Waals surface area contributed by atoms with E-state index in [4.69, 9.17) is 0 Å². The van der Waals surface area contributed by atoms with Gasteiger partial charge >= 0.3 is 5.91 Å². The van der Waals surface area contributed by atoms with Crippen molar-refractivity contribution < 1.29 is 19.1 Å². The molecule has 1 aliphatic heterocycles. The van der Waals surface area contributed by atoms with Crippen LogP contribution in [0.15, 0.2) is 40.3 Å². The smallest absolute Gasteiger partial charge is 0.333 e. The van der Waals surface area contributed by atoms with Gasteiger partial charge in [0.25, 0.3) is 5.91 Å². The van der Waals surface area contributed by atoms with E-state index in [1.165, 1.54) is 29.2 Å². The van der Waals surface area contributed by atoms with Crippen LogP contribution in [0.5, 0.6) is 5.75 Å². The third kappa shape index (κ3) is 2.91. The minimum atomic E-state index is -1.20. The maximum Gasteiger partial charge on any atom is 0.333 e. The fourth-order valence-electron chi connectivity index (χ4n) is 2.74. The van der Waals surface area contributed by atoms with Gasteiger partial charge in [-0.25, -0.2) is 4.39 Å². The number of amides is 2. The Balaban J connectivity index is 2.01. The Morgan fingerprint density at radius 2 is 1.88 bits per heavy atom. The van der Waals surface area contributed by atoms with Crippen LogP contribution in [0.3, 0.4) is 0 Å². The number of aromatic nitrogens is 1. The number of fused-ring (bicyclic) bond motifs is 1. The molecule has 1 aromatic carbocycles. The van der Waals surface area contributed by atoms with Crippen LogP contribution in [0.4, 0.5) is 4.39 Å². The van der Waals surface area contributed by atoms with Crippen molar-refractivity contribution in [2.45, 2.75) is 13.1 Å². The number of rotatable bonds is 3. The highest BCUT2D eigenvalue weighted by Gasteiger charge is 2.31. The van der Waals surface area contributed by atoms with Crippen LogP contribution in [0.25, 0.3) is 0 Å². The summed E-state index contributed by atoms with van der Waals surface area (Å²) in [6.07, 6.45) is 0. The minimum Gasteiger partial charge on any atom is -0.503 e. The number of aromatic hydroxyl groups is 1. The molecule has 1 aliphatic rings. The Morgan fingerprint density at radius 3 is 2.52 bits per heavy atom. The maximum absolute atomic E-state index is 13.0. The topological polar surface area (TPSA) is 109 Å². The van der Waals surface area contributed by atoms with Crippen LogP contribution >= 0.6 is 0 Å². The summed E-state index contributed by atoms with van der Waals surface area (Å²) in [7, 11) is 0. The summed E-state index contributed by atoms with van der Waals surface area (Å²) in [5.74, 6) is -3.08. The Morgan fingerprint density at radius 1 is 1.20 bits per heavy atom. The lowest BCUT2D eigenvalue weighted by atomic mass is 10.1. The Bertz CT molecular complexity index is 936. The van der Waals surface area contributed by atoms with Crippen LogP contribution in [-0.4, -0.2) is 32.9 Å². The van der Waals surface area contributed by atoms with Crippen molar-refractivity contribution in [1.82, 2.24) is 9.47 Å². The van der Waals surface area contributed by atoms with Crippen LogP contribution < -0.4 is 5.43 Å². The Hall–Kier alpha value is -3.36. The number of hydrogen-bond acceptors (Lipinski definition) is 5. The van der Waals surface area contributed by atoms with Crippen molar-refractivity contribution >= 4 is 11.8 Å². The van der Waals surface area contributed by atoms with Crippen molar-refractivity contribution in [3.63, 3.8) is 0 Å². The number of hydrogen-bond donors (Lipinski definition) is 1. The molecule has 0 fully saturated rings. The molecular formula is C16H12FN3O5. The van der Waals surface area contributed by atoms with Crippen molar-refractivity contribution in [3.05, 3.63) is 68.2 Å². The molecule has 9 heteroatoms. The molecule has 25 heavy (non-hydrogen) atoms. The quantitative estimate of drug-likeness (QED) is 0.842. The lowest BCUT2D eigenvalue weighted by Gasteiger charge is -2.31. The fraction of sp³-hybridized carbons (Fsp3) is 0.188. The highest BCUT2D eigenvalue weighted by molar-refractivity contribution is 5.99. The van der Waals surface area contributed by atoms with Gasteiger partial charge in [0.15, 0.2) is 11.4 Å². The fourth-order valence-corrected chi connectivity index (χ4v) is 2.74. The van der Waals surface area contributed by atoms with Crippen LogP contribution in [0, 0.1) is 10.7 Å². The summed E-state index contributed by atoms with van der Waals surface area (Å²) >= 11 is 0. The van der Waals surface area contributed by atoms with E-state index in [0.29, 0.717) is 5.56 Å². The molecule has 0 spiro atoms. The Labute approximate surface area is 140 Å². The number of pyridine rings is 1. The number of benzene rings is 1. The van der Waals surface area contributed by atoms with Crippen molar-refractivity contribution in [3.8, 4) is 5.75 Å². The molecular weight excluding hydrogens is 333 g/mol. The molecule has 128 valence electrons. The summed E-state index contributed by atoms with van der Waals surface area (Å²) in [6.45, 7) is 0.397. The first-order valence-corrected chi connectivity index (χ1v) is 7.30. The van der Waals surface area contributed by atoms with Crippen molar-refractivity contribution in [1.29, 1.82) is 0 Å². The average Bonchev–Trinajstić information content (AvgIpc) is 2.61. The first-order valence-electron chi connectivity index (χ1n) is 7.30. The number of nitrogens with zero attached hydrogens (tertiary/aromatic N) is 3. The van der Waals surface area contributed by atoms with Gasteiger partial charge in [-0.15, -0.1) is 4.91 Å². The van der Waals surface area contributed by atoms with Crippen LogP contribution in [-0.2, 0) is 13.1 Å². The lowest BCUT2D eigenvalue weighted by Crippen LogP contribution is -2.42. The van der Waals surface area contributed by atoms with Gasteiger partial charge < -0.3 is 14.6 Å². The monoisotopic (exact) mass is 345 g/mol. The van der Waals surface area contributed by atoms with E-state index in [9.17, 15) is 28.8 Å². The van der Waals surface area contributed by atoms with Crippen molar-refractivity contribution in [2.24, 2.45) is 5.18 Å². The van der Waals surface area contributed by atoms with Gasteiger partial charge in [0.2, 0.25) is 5.43 Å². The molecule has 2 heterocycles. The molecule has 2 aromatic rings. The van der Waals surface area contributed by atoms with Gasteiger partial charge in [0.1, 0.15) is 11.5 Å². The standard InChI is InChI=1S/C16H12FN3O5/c17-10-3-1-9(2-4-10)8-19-5-6-20-11(15(23)18-25)7-12(21)14(22)13(20)16(19)24/h1-4,7,22H,5-6,8H2. The predicted molar refractivity (Wildman–Crippen MR) is 83.6 cm³/mol. The normalized spacial score (nSPS) is 13.5. The van der Waals surface area contributed by atoms with E-state index in [1.54, 1.807) is 0 Å². The van der Waals surface area contributed by atoms with Crippen LogP contribution in [0.2, 0.25) is 0 Å². The molecule has 0 radical (unpaired) electrons. The van der Waals surface area contributed by atoms with Gasteiger partial charge in [0.05, 0.1) is 0 Å².